The zero-order valence-corrected chi connectivity index (χ0v) is 13.0. The number of benzene rings is 2. The Morgan fingerprint density at radius 3 is 2.45 bits per heavy atom. The molecule has 0 saturated carbocycles. The van der Waals surface area contributed by atoms with E-state index in [1.54, 1.807) is 12.1 Å². The van der Waals surface area contributed by atoms with E-state index in [1.807, 2.05) is 36.4 Å². The monoisotopic (exact) mass is 333 g/mol. The van der Waals surface area contributed by atoms with E-state index in [0.29, 0.717) is 28.0 Å². The highest BCUT2D eigenvalue weighted by atomic mass is 35.5. The van der Waals surface area contributed by atoms with Crippen molar-refractivity contribution in [3.05, 3.63) is 74.5 Å². The summed E-state index contributed by atoms with van der Waals surface area (Å²) in [5, 5.41) is 3.83. The van der Waals surface area contributed by atoms with Crippen molar-refractivity contribution in [1.29, 1.82) is 0 Å². The summed E-state index contributed by atoms with van der Waals surface area (Å²) in [6, 6.07) is 14.6. The van der Waals surface area contributed by atoms with Crippen LogP contribution in [0.5, 0.6) is 0 Å². The van der Waals surface area contributed by atoms with Crippen molar-refractivity contribution in [1.82, 2.24) is 9.78 Å². The van der Waals surface area contributed by atoms with Crippen LogP contribution >= 0.6 is 23.2 Å². The number of H-pyrrole nitrogens is 1. The van der Waals surface area contributed by atoms with Crippen molar-refractivity contribution >= 4 is 29.0 Å². The molecule has 0 radical (unpaired) electrons. The molecule has 3 rings (SSSR count). The van der Waals surface area contributed by atoms with Crippen LogP contribution in [0.25, 0.3) is 11.1 Å². The number of anilines is 1. The van der Waals surface area contributed by atoms with Crippen LogP contribution < -0.4 is 11.3 Å². The molecule has 0 aliphatic rings. The molecular formula is C16H13Cl2N3O. The zero-order valence-electron chi connectivity index (χ0n) is 11.5. The van der Waals surface area contributed by atoms with Gasteiger partial charge in [0.1, 0.15) is 5.82 Å². The molecule has 0 aliphatic carbocycles. The number of aromatic nitrogens is 2. The Morgan fingerprint density at radius 2 is 1.77 bits per heavy atom. The number of rotatable bonds is 3. The second-order valence-corrected chi connectivity index (χ2v) is 5.72. The Labute approximate surface area is 137 Å². The Kier molecular flexibility index (Phi) is 3.96. The van der Waals surface area contributed by atoms with E-state index in [-0.39, 0.29) is 5.56 Å². The Morgan fingerprint density at radius 1 is 1.05 bits per heavy atom. The van der Waals surface area contributed by atoms with Crippen molar-refractivity contribution in [2.45, 2.75) is 6.54 Å². The van der Waals surface area contributed by atoms with Crippen molar-refractivity contribution in [3.63, 3.8) is 0 Å². The fourth-order valence-electron chi connectivity index (χ4n) is 2.32. The van der Waals surface area contributed by atoms with Crippen molar-refractivity contribution in [2.75, 3.05) is 5.73 Å². The summed E-state index contributed by atoms with van der Waals surface area (Å²) in [7, 11) is 0. The molecule has 0 fully saturated rings. The summed E-state index contributed by atoms with van der Waals surface area (Å²) in [5.41, 5.74) is 7.90. The van der Waals surface area contributed by atoms with Crippen LogP contribution in [0.15, 0.2) is 53.3 Å². The van der Waals surface area contributed by atoms with Gasteiger partial charge >= 0.3 is 0 Å². The van der Waals surface area contributed by atoms with Gasteiger partial charge in [0.15, 0.2) is 0 Å². The Hall–Kier alpha value is -2.17. The number of aromatic amines is 1. The molecule has 3 aromatic rings. The summed E-state index contributed by atoms with van der Waals surface area (Å²) in [6.07, 6.45) is 0. The number of hydrogen-bond acceptors (Lipinski definition) is 2. The average molecular weight is 334 g/mol. The molecular weight excluding hydrogens is 321 g/mol. The van der Waals surface area contributed by atoms with Crippen LogP contribution in [0.2, 0.25) is 10.0 Å². The summed E-state index contributed by atoms with van der Waals surface area (Å²) in [5.74, 6) is 0.344. The third-order valence-electron chi connectivity index (χ3n) is 3.37. The largest absolute Gasteiger partial charge is 0.383 e. The molecule has 0 amide bonds. The first kappa shape index (κ1) is 14.8. The maximum absolute atomic E-state index is 12.5. The fourth-order valence-corrected chi connectivity index (χ4v) is 2.64. The van der Waals surface area contributed by atoms with Crippen LogP contribution in [-0.4, -0.2) is 9.78 Å². The predicted molar refractivity (Wildman–Crippen MR) is 90.5 cm³/mol. The lowest BCUT2D eigenvalue weighted by atomic mass is 10.1. The molecule has 1 aromatic heterocycles. The van der Waals surface area contributed by atoms with E-state index >= 15 is 0 Å². The van der Waals surface area contributed by atoms with Gasteiger partial charge in [-0.3, -0.25) is 9.89 Å². The van der Waals surface area contributed by atoms with Gasteiger partial charge in [-0.15, -0.1) is 0 Å². The highest BCUT2D eigenvalue weighted by Crippen LogP contribution is 2.24. The maximum Gasteiger partial charge on any atom is 0.276 e. The molecule has 112 valence electrons. The maximum atomic E-state index is 12.5. The van der Waals surface area contributed by atoms with Gasteiger partial charge in [-0.1, -0.05) is 59.6 Å². The van der Waals surface area contributed by atoms with E-state index in [4.69, 9.17) is 28.9 Å². The number of nitrogens with zero attached hydrogens (tertiary/aromatic N) is 1. The molecule has 0 bridgehead atoms. The number of nitrogens with one attached hydrogen (secondary N) is 1. The highest BCUT2D eigenvalue weighted by molar-refractivity contribution is 6.42. The van der Waals surface area contributed by atoms with Gasteiger partial charge in [0.05, 0.1) is 22.2 Å². The summed E-state index contributed by atoms with van der Waals surface area (Å²) < 4.78 is 1.46. The molecule has 6 heteroatoms. The van der Waals surface area contributed by atoms with Gasteiger partial charge in [-0.05, 0) is 23.3 Å². The first-order valence-electron chi connectivity index (χ1n) is 6.64. The van der Waals surface area contributed by atoms with Gasteiger partial charge in [0.2, 0.25) is 0 Å². The molecule has 3 N–H and O–H groups in total. The van der Waals surface area contributed by atoms with E-state index < -0.39 is 0 Å². The van der Waals surface area contributed by atoms with Gasteiger partial charge in [0, 0.05) is 0 Å². The predicted octanol–water partition coefficient (Wildman–Crippen LogP) is 3.78. The van der Waals surface area contributed by atoms with Gasteiger partial charge in [0.25, 0.3) is 5.56 Å². The highest BCUT2D eigenvalue weighted by Gasteiger charge is 2.14. The Balaban J connectivity index is 1.99. The molecule has 1 heterocycles. The van der Waals surface area contributed by atoms with E-state index in [0.717, 1.165) is 11.1 Å². The molecule has 0 saturated heterocycles. The number of nitrogens with two attached hydrogens (primary N) is 1. The zero-order chi connectivity index (χ0) is 15.7. The second kappa shape index (κ2) is 5.91. The van der Waals surface area contributed by atoms with Crippen molar-refractivity contribution in [2.24, 2.45) is 0 Å². The minimum absolute atomic E-state index is 0.172. The lowest BCUT2D eigenvalue weighted by Crippen LogP contribution is -2.18. The van der Waals surface area contributed by atoms with Gasteiger partial charge in [-0.25, -0.2) is 4.68 Å². The summed E-state index contributed by atoms with van der Waals surface area (Å²) >= 11 is 11.9. The minimum Gasteiger partial charge on any atom is -0.383 e. The smallest absolute Gasteiger partial charge is 0.276 e. The lowest BCUT2D eigenvalue weighted by Gasteiger charge is -2.03. The standard InChI is InChI=1S/C16H13Cl2N3O/c17-12-7-6-10(8-13(12)18)9-21-16(22)14(15(19)20-21)11-4-2-1-3-5-11/h1-8,20H,9,19H2. The summed E-state index contributed by atoms with van der Waals surface area (Å²) in [6.45, 7) is 0.340. The van der Waals surface area contributed by atoms with E-state index in [1.165, 1.54) is 4.68 Å². The third-order valence-corrected chi connectivity index (χ3v) is 4.11. The van der Waals surface area contributed by atoms with Crippen molar-refractivity contribution in [3.8, 4) is 11.1 Å². The molecule has 22 heavy (non-hydrogen) atoms. The minimum atomic E-state index is -0.172. The van der Waals surface area contributed by atoms with Crippen LogP contribution in [0, 0.1) is 0 Å². The number of hydrogen-bond donors (Lipinski definition) is 2. The van der Waals surface area contributed by atoms with Crippen LogP contribution in [0.3, 0.4) is 0 Å². The number of halogens is 2. The molecule has 0 aliphatic heterocycles. The topological polar surface area (TPSA) is 63.8 Å². The van der Waals surface area contributed by atoms with Crippen LogP contribution in [0.1, 0.15) is 5.56 Å². The first-order chi connectivity index (χ1) is 10.6. The van der Waals surface area contributed by atoms with Crippen molar-refractivity contribution < 1.29 is 0 Å². The second-order valence-electron chi connectivity index (χ2n) is 4.91. The fraction of sp³-hybridized carbons (Fsp3) is 0.0625. The molecule has 4 nitrogen and oxygen atoms in total. The summed E-state index contributed by atoms with van der Waals surface area (Å²) in [4.78, 5) is 12.5. The first-order valence-corrected chi connectivity index (χ1v) is 7.39. The average Bonchev–Trinajstić information content (AvgIpc) is 2.78. The third kappa shape index (κ3) is 2.75. The number of nitrogen functional groups attached to an aromatic ring is 1. The van der Waals surface area contributed by atoms with Gasteiger partial charge < -0.3 is 5.73 Å². The lowest BCUT2D eigenvalue weighted by molar-refractivity contribution is 0.667. The molecule has 0 atom stereocenters. The van der Waals surface area contributed by atoms with Gasteiger partial charge in [-0.2, -0.15) is 0 Å². The molecule has 0 unspecified atom stereocenters. The quantitative estimate of drug-likeness (QED) is 0.766. The van der Waals surface area contributed by atoms with E-state index in [2.05, 4.69) is 5.10 Å². The van der Waals surface area contributed by atoms with Crippen LogP contribution in [-0.2, 0) is 6.54 Å². The van der Waals surface area contributed by atoms with Crippen LogP contribution in [0.4, 0.5) is 5.82 Å². The van der Waals surface area contributed by atoms with E-state index in [9.17, 15) is 4.79 Å². The molecule has 0 spiro atoms. The normalized spacial score (nSPS) is 10.8. The Bertz CT molecular complexity index is 869. The molecule has 2 aromatic carbocycles. The SMILES string of the molecule is Nc1[nH]n(Cc2ccc(Cl)c(Cl)c2)c(=O)c1-c1ccccc1.